The van der Waals surface area contributed by atoms with E-state index in [4.69, 9.17) is 0 Å². The van der Waals surface area contributed by atoms with E-state index in [1.807, 2.05) is 20.1 Å². The topological polar surface area (TPSA) is 75.3 Å². The van der Waals surface area contributed by atoms with Crippen molar-refractivity contribution in [1.29, 1.82) is 0 Å². The molecule has 25 heavy (non-hydrogen) atoms. The molecular formula is C18H26N2O3S2. The number of benzene rings is 1. The van der Waals surface area contributed by atoms with E-state index in [9.17, 15) is 13.2 Å². The summed E-state index contributed by atoms with van der Waals surface area (Å²) in [5.74, 6) is 0.871. The molecule has 2 aliphatic rings. The first-order valence-corrected chi connectivity index (χ1v) is 11.5. The Morgan fingerprint density at radius 1 is 1.24 bits per heavy atom. The molecule has 2 fully saturated rings. The summed E-state index contributed by atoms with van der Waals surface area (Å²) in [5, 5.41) is 2.84. The number of nitrogens with one attached hydrogen (secondary N) is 2. The molecule has 2 N–H and O–H groups in total. The zero-order valence-electron chi connectivity index (χ0n) is 14.9. The lowest BCUT2D eigenvalue weighted by molar-refractivity contribution is -0.118. The molecule has 0 heterocycles. The van der Waals surface area contributed by atoms with Crippen molar-refractivity contribution in [3.8, 4) is 0 Å². The summed E-state index contributed by atoms with van der Waals surface area (Å²) in [6.45, 7) is 3.62. The van der Waals surface area contributed by atoms with Crippen molar-refractivity contribution in [3.05, 3.63) is 18.2 Å². The first-order chi connectivity index (χ1) is 11.8. The van der Waals surface area contributed by atoms with E-state index < -0.39 is 10.0 Å². The monoisotopic (exact) mass is 382 g/mol. The normalized spacial score (nSPS) is 25.5. The fourth-order valence-electron chi connectivity index (χ4n) is 3.89. The molecule has 0 aromatic heterocycles. The Labute approximate surface area is 154 Å². The summed E-state index contributed by atoms with van der Waals surface area (Å²) in [6.07, 6.45) is 6.36. The molecule has 0 radical (unpaired) electrons. The molecule has 5 nitrogen and oxygen atoms in total. The van der Waals surface area contributed by atoms with Crippen LogP contribution in [-0.2, 0) is 14.8 Å². The molecule has 1 amide bonds. The SMILES string of the molecule is CSc1ccc(S(=O)(=O)N[C@@H]2C[C@H]3CC[C@H]2C3)cc1NC(=O)C(C)C. The van der Waals surface area contributed by atoms with Gasteiger partial charge in [-0.25, -0.2) is 13.1 Å². The minimum Gasteiger partial charge on any atom is -0.325 e. The Morgan fingerprint density at radius 2 is 2.00 bits per heavy atom. The maximum atomic E-state index is 12.8. The number of fused-ring (bicyclic) bond motifs is 2. The Kier molecular flexibility index (Phi) is 5.46. The molecule has 0 aliphatic heterocycles. The van der Waals surface area contributed by atoms with Gasteiger partial charge in [0, 0.05) is 16.9 Å². The van der Waals surface area contributed by atoms with Gasteiger partial charge in [-0.1, -0.05) is 20.3 Å². The van der Waals surface area contributed by atoms with Crippen molar-refractivity contribution >= 4 is 33.4 Å². The molecule has 138 valence electrons. The number of hydrogen-bond donors (Lipinski definition) is 2. The van der Waals surface area contributed by atoms with E-state index in [1.54, 1.807) is 18.2 Å². The van der Waals surface area contributed by atoms with Gasteiger partial charge in [0.2, 0.25) is 15.9 Å². The van der Waals surface area contributed by atoms with E-state index in [0.29, 0.717) is 17.5 Å². The largest absolute Gasteiger partial charge is 0.325 e. The maximum Gasteiger partial charge on any atom is 0.240 e. The molecule has 7 heteroatoms. The van der Waals surface area contributed by atoms with Crippen LogP contribution in [0.25, 0.3) is 0 Å². The lowest BCUT2D eigenvalue weighted by Gasteiger charge is -2.23. The van der Waals surface area contributed by atoms with E-state index in [-0.39, 0.29) is 22.8 Å². The number of hydrogen-bond acceptors (Lipinski definition) is 4. The lowest BCUT2D eigenvalue weighted by Crippen LogP contribution is -2.38. The van der Waals surface area contributed by atoms with Crippen LogP contribution >= 0.6 is 11.8 Å². The minimum absolute atomic E-state index is 0.0534. The second kappa shape index (κ2) is 7.29. The second-order valence-electron chi connectivity index (χ2n) is 7.41. The van der Waals surface area contributed by atoms with E-state index in [0.717, 1.165) is 24.2 Å². The van der Waals surface area contributed by atoms with Crippen LogP contribution in [0.5, 0.6) is 0 Å². The summed E-state index contributed by atoms with van der Waals surface area (Å²) in [6, 6.07) is 5.00. The summed E-state index contributed by atoms with van der Waals surface area (Å²) < 4.78 is 28.5. The van der Waals surface area contributed by atoms with Gasteiger partial charge < -0.3 is 5.32 Å². The first-order valence-electron chi connectivity index (χ1n) is 8.81. The number of thioether (sulfide) groups is 1. The van der Waals surface area contributed by atoms with Crippen molar-refractivity contribution < 1.29 is 13.2 Å². The average molecular weight is 383 g/mol. The van der Waals surface area contributed by atoms with Crippen molar-refractivity contribution in [3.63, 3.8) is 0 Å². The lowest BCUT2D eigenvalue weighted by atomic mass is 9.96. The molecule has 1 aromatic rings. The minimum atomic E-state index is -3.58. The zero-order valence-corrected chi connectivity index (χ0v) is 16.5. The Bertz CT molecular complexity index is 762. The van der Waals surface area contributed by atoms with Gasteiger partial charge in [0.15, 0.2) is 0 Å². The standard InChI is InChI=1S/C18H26N2O3S2/c1-11(2)18(21)19-16-10-14(6-7-17(16)24-3)25(22,23)20-15-9-12-4-5-13(15)8-12/h6-7,10-13,15,20H,4-5,8-9H2,1-3H3,(H,19,21)/t12-,13-,15+/m0/s1. The van der Waals surface area contributed by atoms with Gasteiger partial charge >= 0.3 is 0 Å². The van der Waals surface area contributed by atoms with Crippen LogP contribution in [0.3, 0.4) is 0 Å². The molecule has 0 unspecified atom stereocenters. The van der Waals surface area contributed by atoms with Gasteiger partial charge in [-0.05, 0) is 55.6 Å². The fraction of sp³-hybridized carbons (Fsp3) is 0.611. The highest BCUT2D eigenvalue weighted by molar-refractivity contribution is 7.98. The highest BCUT2D eigenvalue weighted by atomic mass is 32.2. The molecular weight excluding hydrogens is 356 g/mol. The number of amides is 1. The number of rotatable bonds is 6. The smallest absolute Gasteiger partial charge is 0.240 e. The van der Waals surface area contributed by atoms with E-state index in [1.165, 1.54) is 18.2 Å². The van der Waals surface area contributed by atoms with Crippen LogP contribution in [-0.4, -0.2) is 26.6 Å². The van der Waals surface area contributed by atoms with Crippen molar-refractivity contribution in [2.45, 2.75) is 55.4 Å². The number of carbonyl (C=O) groups is 1. The Morgan fingerprint density at radius 3 is 2.56 bits per heavy atom. The molecule has 0 spiro atoms. The summed E-state index contributed by atoms with van der Waals surface area (Å²) in [4.78, 5) is 13.1. The average Bonchev–Trinajstić information content (AvgIpc) is 3.17. The van der Waals surface area contributed by atoms with Crippen LogP contribution < -0.4 is 10.0 Å². The molecule has 2 aliphatic carbocycles. The molecule has 3 atom stereocenters. The van der Waals surface area contributed by atoms with Gasteiger partial charge in [0.05, 0.1) is 10.6 Å². The quantitative estimate of drug-likeness (QED) is 0.739. The van der Waals surface area contributed by atoms with Gasteiger partial charge in [-0.2, -0.15) is 0 Å². The summed E-state index contributed by atoms with van der Waals surface area (Å²) in [5.41, 5.74) is 0.557. The highest BCUT2D eigenvalue weighted by Gasteiger charge is 2.41. The van der Waals surface area contributed by atoms with Gasteiger partial charge in [-0.15, -0.1) is 11.8 Å². The third-order valence-corrected chi connectivity index (χ3v) is 7.59. The summed E-state index contributed by atoms with van der Waals surface area (Å²) in [7, 11) is -3.58. The third-order valence-electron chi connectivity index (χ3n) is 5.31. The molecule has 1 aromatic carbocycles. The fourth-order valence-corrected chi connectivity index (χ4v) is 5.76. The van der Waals surface area contributed by atoms with Crippen LogP contribution in [0.15, 0.2) is 28.0 Å². The van der Waals surface area contributed by atoms with Crippen LogP contribution in [0, 0.1) is 17.8 Å². The molecule has 0 saturated heterocycles. The van der Waals surface area contributed by atoms with Crippen LogP contribution in [0.1, 0.15) is 39.5 Å². The van der Waals surface area contributed by atoms with E-state index >= 15 is 0 Å². The van der Waals surface area contributed by atoms with E-state index in [2.05, 4.69) is 10.0 Å². The molecule has 2 saturated carbocycles. The Balaban J connectivity index is 1.82. The summed E-state index contributed by atoms with van der Waals surface area (Å²) >= 11 is 1.48. The van der Waals surface area contributed by atoms with Crippen LogP contribution in [0.2, 0.25) is 0 Å². The molecule has 3 rings (SSSR count). The highest BCUT2D eigenvalue weighted by Crippen LogP contribution is 2.45. The third kappa shape index (κ3) is 4.04. The van der Waals surface area contributed by atoms with Gasteiger partial charge in [0.25, 0.3) is 0 Å². The predicted molar refractivity (Wildman–Crippen MR) is 101 cm³/mol. The van der Waals surface area contributed by atoms with Crippen molar-refractivity contribution in [1.82, 2.24) is 4.72 Å². The predicted octanol–water partition coefficient (Wildman–Crippen LogP) is 3.47. The zero-order chi connectivity index (χ0) is 18.2. The van der Waals surface area contributed by atoms with Crippen molar-refractivity contribution in [2.24, 2.45) is 17.8 Å². The number of sulfonamides is 1. The Hall–Kier alpha value is -1.05. The second-order valence-corrected chi connectivity index (χ2v) is 9.97. The molecule has 2 bridgehead atoms. The van der Waals surface area contributed by atoms with Crippen LogP contribution in [0.4, 0.5) is 5.69 Å². The number of anilines is 1. The number of carbonyl (C=O) groups excluding carboxylic acids is 1. The van der Waals surface area contributed by atoms with Crippen molar-refractivity contribution in [2.75, 3.05) is 11.6 Å². The first kappa shape index (κ1) is 18.7. The maximum absolute atomic E-state index is 12.8. The van der Waals surface area contributed by atoms with Gasteiger partial charge in [0.1, 0.15) is 0 Å². The van der Waals surface area contributed by atoms with Gasteiger partial charge in [-0.3, -0.25) is 4.79 Å².